The number of benzene rings is 1. The molecule has 1 unspecified atom stereocenters. The number of aryl methyl sites for hydroxylation is 1. The summed E-state index contributed by atoms with van der Waals surface area (Å²) >= 11 is 0. The molecule has 0 aliphatic heterocycles. The second kappa shape index (κ2) is 5.17. The molecular weight excluding hydrogens is 258 g/mol. The molecule has 0 spiro atoms. The number of nitrogens with one attached hydrogen (secondary N) is 1. The van der Waals surface area contributed by atoms with Crippen molar-refractivity contribution in [3.8, 4) is 11.3 Å². The van der Waals surface area contributed by atoms with Crippen LogP contribution in [-0.4, -0.2) is 15.2 Å². The van der Waals surface area contributed by atoms with Crippen molar-refractivity contribution in [2.45, 2.75) is 25.2 Å². The smallest absolute Gasteiger partial charge is 0.0700 e. The number of aromatic nitrogens is 3. The highest BCUT2D eigenvalue weighted by atomic mass is 15.1. The summed E-state index contributed by atoms with van der Waals surface area (Å²) in [4.78, 5) is 4.22. The van der Waals surface area contributed by atoms with Gasteiger partial charge in [0.25, 0.3) is 0 Å². The monoisotopic (exact) mass is 275 g/mol. The second-order valence-electron chi connectivity index (χ2n) is 5.65. The molecule has 21 heavy (non-hydrogen) atoms. The van der Waals surface area contributed by atoms with Crippen LogP contribution in [0.1, 0.15) is 29.0 Å². The summed E-state index contributed by atoms with van der Waals surface area (Å²) in [5, 5.41) is 7.43. The van der Waals surface area contributed by atoms with Crippen molar-refractivity contribution < 1.29 is 0 Å². The molecule has 0 amide bonds. The fourth-order valence-corrected chi connectivity index (χ4v) is 3.31. The zero-order chi connectivity index (χ0) is 14.1. The molecular formula is C18H17N3. The van der Waals surface area contributed by atoms with Crippen LogP contribution in [0.15, 0.2) is 55.0 Å². The number of hydrogen-bond acceptors (Lipinski definition) is 2. The largest absolute Gasteiger partial charge is 0.277 e. The van der Waals surface area contributed by atoms with E-state index in [-0.39, 0.29) is 0 Å². The third kappa shape index (κ3) is 2.25. The summed E-state index contributed by atoms with van der Waals surface area (Å²) in [5.74, 6) is 0.536. The molecule has 3 aromatic rings. The average Bonchev–Trinajstić information content (AvgIpc) is 3.05. The van der Waals surface area contributed by atoms with Crippen molar-refractivity contribution in [3.63, 3.8) is 0 Å². The van der Waals surface area contributed by atoms with Gasteiger partial charge in [0, 0.05) is 23.5 Å². The van der Waals surface area contributed by atoms with Crippen molar-refractivity contribution in [1.29, 1.82) is 0 Å². The fourth-order valence-electron chi connectivity index (χ4n) is 3.31. The van der Waals surface area contributed by atoms with Crippen LogP contribution in [0.2, 0.25) is 0 Å². The van der Waals surface area contributed by atoms with Crippen molar-refractivity contribution in [2.75, 3.05) is 0 Å². The molecule has 4 rings (SSSR count). The first-order chi connectivity index (χ1) is 10.4. The fraction of sp³-hybridized carbons (Fsp3) is 0.222. The van der Waals surface area contributed by atoms with Crippen molar-refractivity contribution in [2.24, 2.45) is 0 Å². The third-order valence-electron chi connectivity index (χ3n) is 4.41. The van der Waals surface area contributed by atoms with E-state index in [1.807, 2.05) is 18.5 Å². The Morgan fingerprint density at radius 3 is 2.76 bits per heavy atom. The molecule has 0 saturated heterocycles. The molecule has 2 heterocycles. The molecule has 0 bridgehead atoms. The second-order valence-corrected chi connectivity index (χ2v) is 5.65. The van der Waals surface area contributed by atoms with Gasteiger partial charge in [-0.1, -0.05) is 24.3 Å². The third-order valence-corrected chi connectivity index (χ3v) is 4.41. The van der Waals surface area contributed by atoms with E-state index in [9.17, 15) is 0 Å². The van der Waals surface area contributed by atoms with Crippen LogP contribution in [0.3, 0.4) is 0 Å². The molecule has 3 heteroatoms. The van der Waals surface area contributed by atoms with E-state index < -0.39 is 0 Å². The SMILES string of the molecule is c1cncc(-c2[nH]ncc2C2CCc3ccccc3C2)c1. The van der Waals surface area contributed by atoms with E-state index >= 15 is 0 Å². The van der Waals surface area contributed by atoms with Crippen LogP contribution in [0.5, 0.6) is 0 Å². The normalized spacial score (nSPS) is 17.4. The minimum Gasteiger partial charge on any atom is -0.277 e. The quantitative estimate of drug-likeness (QED) is 0.774. The minimum atomic E-state index is 0.536. The lowest BCUT2D eigenvalue weighted by Gasteiger charge is -2.24. The van der Waals surface area contributed by atoms with Crippen molar-refractivity contribution in [1.82, 2.24) is 15.2 Å². The Hall–Kier alpha value is -2.42. The number of pyridine rings is 1. The Morgan fingerprint density at radius 2 is 1.90 bits per heavy atom. The molecule has 104 valence electrons. The van der Waals surface area contributed by atoms with Gasteiger partial charge in [-0.2, -0.15) is 5.10 Å². The summed E-state index contributed by atoms with van der Waals surface area (Å²) < 4.78 is 0. The van der Waals surface area contributed by atoms with Gasteiger partial charge >= 0.3 is 0 Å². The summed E-state index contributed by atoms with van der Waals surface area (Å²) in [5.41, 5.74) is 6.53. The highest BCUT2D eigenvalue weighted by Gasteiger charge is 2.23. The maximum Gasteiger partial charge on any atom is 0.0700 e. The first-order valence-electron chi connectivity index (χ1n) is 7.42. The molecule has 1 N–H and O–H groups in total. The number of aromatic amines is 1. The van der Waals surface area contributed by atoms with Gasteiger partial charge in [0.15, 0.2) is 0 Å². The Labute approximate surface area is 124 Å². The molecule has 1 aliphatic carbocycles. The lowest BCUT2D eigenvalue weighted by Crippen LogP contribution is -2.12. The van der Waals surface area contributed by atoms with E-state index in [1.165, 1.54) is 23.1 Å². The topological polar surface area (TPSA) is 41.6 Å². The van der Waals surface area contributed by atoms with E-state index in [4.69, 9.17) is 0 Å². The zero-order valence-electron chi connectivity index (χ0n) is 11.8. The van der Waals surface area contributed by atoms with Gasteiger partial charge in [0.2, 0.25) is 0 Å². The predicted octanol–water partition coefficient (Wildman–Crippen LogP) is 3.74. The van der Waals surface area contributed by atoms with Gasteiger partial charge in [0.05, 0.1) is 11.9 Å². The summed E-state index contributed by atoms with van der Waals surface area (Å²) in [7, 11) is 0. The molecule has 0 saturated carbocycles. The Kier molecular flexibility index (Phi) is 3.03. The summed E-state index contributed by atoms with van der Waals surface area (Å²) in [6, 6.07) is 12.8. The first kappa shape index (κ1) is 12.3. The van der Waals surface area contributed by atoms with E-state index in [1.54, 1.807) is 6.20 Å². The number of rotatable bonds is 2. The number of fused-ring (bicyclic) bond motifs is 1. The van der Waals surface area contributed by atoms with Crippen LogP contribution in [-0.2, 0) is 12.8 Å². The van der Waals surface area contributed by atoms with E-state index in [2.05, 4.69) is 45.5 Å². The van der Waals surface area contributed by atoms with Crippen molar-refractivity contribution in [3.05, 3.63) is 71.7 Å². The Balaban J connectivity index is 1.69. The van der Waals surface area contributed by atoms with Crippen LogP contribution in [0, 0.1) is 0 Å². The number of hydrogen-bond donors (Lipinski definition) is 1. The van der Waals surface area contributed by atoms with Gasteiger partial charge in [-0.05, 0) is 48.4 Å². The first-order valence-corrected chi connectivity index (χ1v) is 7.42. The molecule has 1 atom stereocenters. The van der Waals surface area contributed by atoms with Gasteiger partial charge in [-0.15, -0.1) is 0 Å². The summed E-state index contributed by atoms with van der Waals surface area (Å²) in [6.07, 6.45) is 9.12. The van der Waals surface area contributed by atoms with E-state index in [0.717, 1.165) is 24.1 Å². The minimum absolute atomic E-state index is 0.536. The Morgan fingerprint density at radius 1 is 1.00 bits per heavy atom. The lowest BCUT2D eigenvalue weighted by molar-refractivity contribution is 0.586. The molecule has 1 aromatic carbocycles. The van der Waals surface area contributed by atoms with Crippen LogP contribution >= 0.6 is 0 Å². The van der Waals surface area contributed by atoms with Crippen LogP contribution < -0.4 is 0 Å². The standard InChI is InChI=1S/C18H17N3/c1-2-5-14-10-15(8-7-13(14)4-1)17-12-20-21-18(17)16-6-3-9-19-11-16/h1-6,9,11-12,15H,7-8,10H2,(H,20,21). The molecule has 0 fully saturated rings. The van der Waals surface area contributed by atoms with Gasteiger partial charge in [-0.3, -0.25) is 10.1 Å². The highest BCUT2D eigenvalue weighted by Crippen LogP contribution is 2.36. The molecule has 3 nitrogen and oxygen atoms in total. The van der Waals surface area contributed by atoms with Crippen LogP contribution in [0.25, 0.3) is 11.3 Å². The maximum atomic E-state index is 4.28. The summed E-state index contributed by atoms with van der Waals surface area (Å²) in [6.45, 7) is 0. The molecule has 1 aliphatic rings. The zero-order valence-corrected chi connectivity index (χ0v) is 11.8. The Bertz CT molecular complexity index is 746. The van der Waals surface area contributed by atoms with Crippen molar-refractivity contribution >= 4 is 0 Å². The van der Waals surface area contributed by atoms with Gasteiger partial charge in [0.1, 0.15) is 0 Å². The van der Waals surface area contributed by atoms with Gasteiger partial charge < -0.3 is 0 Å². The molecule has 0 radical (unpaired) electrons. The molecule has 2 aromatic heterocycles. The van der Waals surface area contributed by atoms with Crippen LogP contribution in [0.4, 0.5) is 0 Å². The lowest BCUT2D eigenvalue weighted by atomic mass is 9.80. The highest BCUT2D eigenvalue weighted by molar-refractivity contribution is 5.62. The maximum absolute atomic E-state index is 4.28. The number of nitrogens with zero attached hydrogens (tertiary/aromatic N) is 2. The van der Waals surface area contributed by atoms with E-state index in [0.29, 0.717) is 5.92 Å². The average molecular weight is 275 g/mol. The predicted molar refractivity (Wildman–Crippen MR) is 83.0 cm³/mol. The van der Waals surface area contributed by atoms with Gasteiger partial charge in [-0.25, -0.2) is 0 Å². The number of H-pyrrole nitrogens is 1.